The Kier molecular flexibility index (Phi) is 3.97. The third-order valence-corrected chi connectivity index (χ3v) is 4.95. The molecule has 22 heavy (non-hydrogen) atoms. The lowest BCUT2D eigenvalue weighted by Gasteiger charge is -2.26. The number of halogens is 1. The second-order valence-corrected chi connectivity index (χ2v) is 6.92. The van der Waals surface area contributed by atoms with E-state index in [0.29, 0.717) is 11.0 Å². The Morgan fingerprint density at radius 2 is 2.14 bits per heavy atom. The van der Waals surface area contributed by atoms with Crippen LogP contribution in [0.25, 0.3) is 0 Å². The highest BCUT2D eigenvalue weighted by Gasteiger charge is 2.24. The number of hydrogen-bond acceptors (Lipinski definition) is 5. The molecular formula is C15H16ClN3O2S. The van der Waals surface area contributed by atoms with Gasteiger partial charge in [0.1, 0.15) is 5.75 Å². The van der Waals surface area contributed by atoms with E-state index >= 15 is 0 Å². The Labute approximate surface area is 137 Å². The van der Waals surface area contributed by atoms with Gasteiger partial charge in [0.15, 0.2) is 11.1 Å². The molecule has 116 valence electrons. The number of nitrogens with one attached hydrogen (secondary N) is 2. The van der Waals surface area contributed by atoms with Crippen LogP contribution in [-0.4, -0.2) is 17.5 Å². The van der Waals surface area contributed by atoms with Gasteiger partial charge in [-0.15, -0.1) is 11.3 Å². The number of thiazole rings is 1. The molecule has 5 nitrogen and oxygen atoms in total. The maximum Gasteiger partial charge on any atom is 0.262 e. The third kappa shape index (κ3) is 2.64. The van der Waals surface area contributed by atoms with Crippen molar-refractivity contribution in [2.24, 2.45) is 0 Å². The lowest BCUT2D eigenvalue weighted by molar-refractivity contribution is -0.118. The maximum atomic E-state index is 11.6. The van der Waals surface area contributed by atoms with Gasteiger partial charge >= 0.3 is 0 Å². The van der Waals surface area contributed by atoms with E-state index in [1.165, 1.54) is 11.3 Å². The molecule has 0 unspecified atom stereocenters. The molecule has 1 aliphatic heterocycles. The normalized spacial score (nSPS) is 13.4. The molecule has 0 bridgehead atoms. The Morgan fingerprint density at radius 3 is 2.82 bits per heavy atom. The second-order valence-electron chi connectivity index (χ2n) is 5.22. The quantitative estimate of drug-likeness (QED) is 0.897. The van der Waals surface area contributed by atoms with Crippen molar-refractivity contribution in [2.75, 3.05) is 17.2 Å². The number of hydrogen-bond donors (Lipinski definition) is 2. The third-order valence-electron chi connectivity index (χ3n) is 3.83. The summed E-state index contributed by atoms with van der Waals surface area (Å²) in [6.07, 6.45) is 1.76. The molecule has 3 rings (SSSR count). The molecule has 7 heteroatoms. The maximum absolute atomic E-state index is 11.6. The van der Waals surface area contributed by atoms with E-state index in [4.69, 9.17) is 16.3 Å². The summed E-state index contributed by atoms with van der Waals surface area (Å²) in [5.41, 5.74) is 4.88. The van der Waals surface area contributed by atoms with Gasteiger partial charge in [0, 0.05) is 16.8 Å². The van der Waals surface area contributed by atoms with Gasteiger partial charge in [0.05, 0.1) is 12.2 Å². The number of amides is 1. The summed E-state index contributed by atoms with van der Waals surface area (Å²) < 4.78 is 6.12. The van der Waals surface area contributed by atoms with Crippen LogP contribution in [0.3, 0.4) is 0 Å². The van der Waals surface area contributed by atoms with Crippen molar-refractivity contribution in [3.63, 3.8) is 0 Å². The van der Waals surface area contributed by atoms with Crippen molar-refractivity contribution in [2.45, 2.75) is 27.3 Å². The number of fused-ring (bicyclic) bond motifs is 1. The predicted molar refractivity (Wildman–Crippen MR) is 89.2 cm³/mol. The molecule has 2 aromatic rings. The van der Waals surface area contributed by atoms with Crippen LogP contribution in [0.2, 0.25) is 4.47 Å². The lowest BCUT2D eigenvalue weighted by Crippen LogP contribution is -2.27. The van der Waals surface area contributed by atoms with Crippen LogP contribution in [0.4, 0.5) is 11.4 Å². The fourth-order valence-electron chi connectivity index (χ4n) is 2.57. The van der Waals surface area contributed by atoms with Crippen molar-refractivity contribution in [1.82, 2.24) is 4.98 Å². The average molecular weight is 338 g/mol. The highest BCUT2D eigenvalue weighted by molar-refractivity contribution is 7.15. The molecule has 2 heterocycles. The van der Waals surface area contributed by atoms with Gasteiger partial charge < -0.3 is 15.4 Å². The van der Waals surface area contributed by atoms with Crippen LogP contribution in [0.15, 0.2) is 6.20 Å². The van der Waals surface area contributed by atoms with Gasteiger partial charge in [-0.25, -0.2) is 4.98 Å². The Balaban J connectivity index is 1.95. The highest BCUT2D eigenvalue weighted by Crippen LogP contribution is 2.41. The largest absolute Gasteiger partial charge is 0.481 e. The Hall–Kier alpha value is -1.79. The fraction of sp³-hybridized carbons (Fsp3) is 0.333. The molecule has 0 saturated heterocycles. The minimum absolute atomic E-state index is 0.0683. The first-order valence-corrected chi connectivity index (χ1v) is 8.07. The molecule has 0 atom stereocenters. The Morgan fingerprint density at radius 1 is 1.36 bits per heavy atom. The monoisotopic (exact) mass is 337 g/mol. The summed E-state index contributed by atoms with van der Waals surface area (Å²) in [6, 6.07) is 0. The number of benzene rings is 1. The topological polar surface area (TPSA) is 63.2 Å². The number of anilines is 2. The SMILES string of the molecule is Cc1c(C)c2c(c(C)c1NCc1cnc(Cl)s1)NC(=O)CO2. The fourth-order valence-corrected chi connectivity index (χ4v) is 3.49. The van der Waals surface area contributed by atoms with Gasteiger partial charge in [-0.05, 0) is 37.5 Å². The first-order chi connectivity index (χ1) is 10.5. The highest BCUT2D eigenvalue weighted by atomic mass is 35.5. The number of rotatable bonds is 3. The number of nitrogens with zero attached hydrogens (tertiary/aromatic N) is 1. The number of carbonyl (C=O) groups is 1. The van der Waals surface area contributed by atoms with E-state index in [0.717, 1.165) is 38.7 Å². The summed E-state index contributed by atoms with van der Waals surface area (Å²) >= 11 is 7.31. The molecule has 0 radical (unpaired) electrons. The lowest BCUT2D eigenvalue weighted by atomic mass is 9.99. The summed E-state index contributed by atoms with van der Waals surface area (Å²) in [5.74, 6) is 0.639. The van der Waals surface area contributed by atoms with Crippen molar-refractivity contribution >= 4 is 40.2 Å². The van der Waals surface area contributed by atoms with Crippen LogP contribution in [0, 0.1) is 20.8 Å². The molecular weight excluding hydrogens is 322 g/mol. The minimum atomic E-state index is -0.126. The molecule has 0 aliphatic carbocycles. The van der Waals surface area contributed by atoms with Crippen LogP contribution < -0.4 is 15.4 Å². The van der Waals surface area contributed by atoms with Crippen LogP contribution in [0.5, 0.6) is 5.75 Å². The van der Waals surface area contributed by atoms with E-state index in [9.17, 15) is 4.79 Å². The van der Waals surface area contributed by atoms with Gasteiger partial charge in [0.25, 0.3) is 5.91 Å². The van der Waals surface area contributed by atoms with Gasteiger partial charge in [-0.1, -0.05) is 11.6 Å². The Bertz CT molecular complexity index is 758. The predicted octanol–water partition coefficient (Wildman–Crippen LogP) is 3.66. The van der Waals surface area contributed by atoms with Gasteiger partial charge in [-0.2, -0.15) is 0 Å². The average Bonchev–Trinajstić information content (AvgIpc) is 2.90. The summed E-state index contributed by atoms with van der Waals surface area (Å²) in [6.45, 7) is 6.73. The summed E-state index contributed by atoms with van der Waals surface area (Å²) in [7, 11) is 0. The van der Waals surface area contributed by atoms with Crippen molar-refractivity contribution in [1.29, 1.82) is 0 Å². The molecule has 0 spiro atoms. The zero-order valence-electron chi connectivity index (χ0n) is 12.5. The smallest absolute Gasteiger partial charge is 0.262 e. The van der Waals surface area contributed by atoms with Crippen LogP contribution >= 0.6 is 22.9 Å². The summed E-state index contributed by atoms with van der Waals surface area (Å²) in [4.78, 5) is 16.7. The van der Waals surface area contributed by atoms with Gasteiger partial charge in [0.2, 0.25) is 0 Å². The zero-order chi connectivity index (χ0) is 15.9. The molecule has 1 aromatic carbocycles. The number of ether oxygens (including phenoxy) is 1. The van der Waals surface area contributed by atoms with Crippen LogP contribution in [-0.2, 0) is 11.3 Å². The number of aromatic nitrogens is 1. The van der Waals surface area contributed by atoms with Gasteiger partial charge in [-0.3, -0.25) is 4.79 Å². The molecule has 0 fully saturated rings. The molecule has 1 amide bonds. The van der Waals surface area contributed by atoms with E-state index < -0.39 is 0 Å². The zero-order valence-corrected chi connectivity index (χ0v) is 14.1. The molecule has 2 N–H and O–H groups in total. The minimum Gasteiger partial charge on any atom is -0.481 e. The molecule has 0 saturated carbocycles. The summed E-state index contributed by atoms with van der Waals surface area (Å²) in [5, 5.41) is 6.33. The van der Waals surface area contributed by atoms with E-state index in [-0.39, 0.29) is 12.5 Å². The van der Waals surface area contributed by atoms with E-state index in [1.54, 1.807) is 6.20 Å². The molecule has 1 aliphatic rings. The van der Waals surface area contributed by atoms with E-state index in [1.807, 2.05) is 20.8 Å². The molecule has 1 aromatic heterocycles. The first kappa shape index (κ1) is 15.1. The van der Waals surface area contributed by atoms with Crippen LogP contribution in [0.1, 0.15) is 21.6 Å². The van der Waals surface area contributed by atoms with Crippen molar-refractivity contribution < 1.29 is 9.53 Å². The van der Waals surface area contributed by atoms with E-state index in [2.05, 4.69) is 15.6 Å². The van der Waals surface area contributed by atoms with Crippen molar-refractivity contribution in [3.8, 4) is 5.75 Å². The second kappa shape index (κ2) is 5.78. The number of carbonyl (C=O) groups excluding carboxylic acids is 1. The first-order valence-electron chi connectivity index (χ1n) is 6.88. The standard InChI is InChI=1S/C15H16ClN3O2S/c1-7-8(2)14-13(19-11(20)6-21-14)9(3)12(7)17-4-10-5-18-15(16)22-10/h5,17H,4,6H2,1-3H3,(H,19,20). The van der Waals surface area contributed by atoms with Crippen molar-refractivity contribution in [3.05, 3.63) is 32.2 Å².